The zero-order valence-corrected chi connectivity index (χ0v) is 9.91. The Morgan fingerprint density at radius 2 is 2.07 bits per heavy atom. The smallest absolute Gasteiger partial charge is 0.308 e. The molecule has 1 saturated carbocycles. The van der Waals surface area contributed by atoms with E-state index in [2.05, 4.69) is 10.8 Å². The summed E-state index contributed by atoms with van der Waals surface area (Å²) in [6, 6.07) is 0.403. The first kappa shape index (κ1) is 12.1. The molecule has 1 fully saturated rings. The molecule has 84 valence electrons. The molecule has 0 amide bonds. The maximum Gasteiger partial charge on any atom is 0.308 e. The van der Waals surface area contributed by atoms with Crippen LogP contribution in [0.3, 0.4) is 0 Å². The first-order valence-corrected chi connectivity index (χ1v) is 5.21. The van der Waals surface area contributed by atoms with Crippen LogP contribution in [0.4, 0.5) is 0 Å². The number of carbonyl (C=O) groups is 1. The maximum atomic E-state index is 11.2. The number of hydrogen-bond acceptors (Lipinski definition) is 3. The third-order valence-corrected chi connectivity index (χ3v) is 3.43. The van der Waals surface area contributed by atoms with Gasteiger partial charge in [-0.05, 0) is 33.7 Å². The van der Waals surface area contributed by atoms with Crippen LogP contribution in [-0.4, -0.2) is 36.6 Å². The summed E-state index contributed by atoms with van der Waals surface area (Å²) in [6.07, 6.45) is 7.17. The first-order chi connectivity index (χ1) is 6.92. The van der Waals surface area contributed by atoms with E-state index in [4.69, 9.17) is 11.2 Å². The fourth-order valence-electron chi connectivity index (χ4n) is 1.82. The minimum Gasteiger partial charge on any atom is -0.469 e. The monoisotopic (exact) mass is 209 g/mol. The van der Waals surface area contributed by atoms with E-state index >= 15 is 0 Å². The molecule has 0 saturated heterocycles. The molecule has 0 aromatic rings. The fourth-order valence-corrected chi connectivity index (χ4v) is 1.82. The highest BCUT2D eigenvalue weighted by atomic mass is 16.5. The minimum atomic E-state index is -0.244. The van der Waals surface area contributed by atoms with E-state index in [0.29, 0.717) is 6.04 Å². The summed E-state index contributed by atoms with van der Waals surface area (Å²) in [5, 5.41) is 0. The second-order valence-corrected chi connectivity index (χ2v) is 4.66. The van der Waals surface area contributed by atoms with Crippen LogP contribution in [0.5, 0.6) is 0 Å². The van der Waals surface area contributed by atoms with E-state index in [1.54, 1.807) is 0 Å². The molecule has 0 spiro atoms. The summed E-state index contributed by atoms with van der Waals surface area (Å²) in [5.74, 6) is 2.72. The van der Waals surface area contributed by atoms with Crippen molar-refractivity contribution >= 4 is 5.97 Å². The standard InChI is InChI=1S/C12H19NO2/c1-6-12(2,3)13(4)10-7-9(8-10)11(14)15-5/h1,9-10H,7-8H2,2-5H3. The van der Waals surface area contributed by atoms with Crippen LogP contribution in [0, 0.1) is 18.3 Å². The number of esters is 1. The second kappa shape index (κ2) is 4.24. The number of carbonyl (C=O) groups excluding carboxylic acids is 1. The van der Waals surface area contributed by atoms with E-state index in [0.717, 1.165) is 12.8 Å². The van der Waals surface area contributed by atoms with Crippen molar-refractivity contribution in [1.29, 1.82) is 0 Å². The van der Waals surface area contributed by atoms with Crippen molar-refractivity contribution < 1.29 is 9.53 Å². The van der Waals surface area contributed by atoms with Crippen LogP contribution in [0.1, 0.15) is 26.7 Å². The van der Waals surface area contributed by atoms with Crippen molar-refractivity contribution in [2.24, 2.45) is 5.92 Å². The zero-order valence-electron chi connectivity index (χ0n) is 9.91. The molecule has 15 heavy (non-hydrogen) atoms. The van der Waals surface area contributed by atoms with Crippen molar-refractivity contribution in [3.63, 3.8) is 0 Å². The molecule has 0 aromatic heterocycles. The van der Waals surface area contributed by atoms with Gasteiger partial charge in [0, 0.05) is 6.04 Å². The van der Waals surface area contributed by atoms with Crippen LogP contribution in [0.15, 0.2) is 0 Å². The quantitative estimate of drug-likeness (QED) is 0.518. The first-order valence-electron chi connectivity index (χ1n) is 5.21. The Hall–Kier alpha value is -1.01. The molecule has 0 aliphatic heterocycles. The molecule has 0 N–H and O–H groups in total. The van der Waals surface area contributed by atoms with E-state index in [1.165, 1.54) is 7.11 Å². The van der Waals surface area contributed by atoms with Gasteiger partial charge in [-0.3, -0.25) is 9.69 Å². The molecule has 1 rings (SSSR count). The summed E-state index contributed by atoms with van der Waals surface area (Å²) in [6.45, 7) is 4.02. The third kappa shape index (κ3) is 2.32. The lowest BCUT2D eigenvalue weighted by atomic mass is 9.78. The fraction of sp³-hybridized carbons (Fsp3) is 0.750. The molecule has 0 radical (unpaired) electrons. The van der Waals surface area contributed by atoms with Crippen LogP contribution in [0.2, 0.25) is 0 Å². The lowest BCUT2D eigenvalue weighted by molar-refractivity contribution is -0.151. The van der Waals surface area contributed by atoms with Gasteiger partial charge < -0.3 is 4.74 Å². The van der Waals surface area contributed by atoms with Crippen LogP contribution >= 0.6 is 0 Å². The Balaban J connectivity index is 2.46. The number of nitrogens with zero attached hydrogens (tertiary/aromatic N) is 1. The molecule has 0 bridgehead atoms. The lowest BCUT2D eigenvalue weighted by Crippen LogP contribution is -2.53. The van der Waals surface area contributed by atoms with Crippen molar-refractivity contribution in [2.75, 3.05) is 14.2 Å². The predicted octanol–water partition coefficient (Wildman–Crippen LogP) is 1.28. The van der Waals surface area contributed by atoms with Gasteiger partial charge in [0.25, 0.3) is 0 Å². The average molecular weight is 209 g/mol. The van der Waals surface area contributed by atoms with Crippen molar-refractivity contribution in [1.82, 2.24) is 4.90 Å². The summed E-state index contributed by atoms with van der Waals surface area (Å²) >= 11 is 0. The molecule has 0 aromatic carbocycles. The summed E-state index contributed by atoms with van der Waals surface area (Å²) in [4.78, 5) is 13.4. The number of rotatable bonds is 3. The van der Waals surface area contributed by atoms with E-state index < -0.39 is 0 Å². The highest BCUT2D eigenvalue weighted by Crippen LogP contribution is 2.34. The number of methoxy groups -OCH3 is 1. The Bertz CT molecular complexity index is 284. The zero-order chi connectivity index (χ0) is 11.6. The average Bonchev–Trinajstić information content (AvgIpc) is 2.14. The van der Waals surface area contributed by atoms with E-state index in [1.807, 2.05) is 20.9 Å². The molecular weight excluding hydrogens is 190 g/mol. The Labute approximate surface area is 91.8 Å². The minimum absolute atomic E-state index is 0.0658. The number of hydrogen-bond donors (Lipinski definition) is 0. The molecule has 3 nitrogen and oxygen atoms in total. The SMILES string of the molecule is C#CC(C)(C)N(C)C1CC(C(=O)OC)C1. The molecular formula is C12H19NO2. The van der Waals surface area contributed by atoms with Gasteiger partial charge in [0.15, 0.2) is 0 Å². The van der Waals surface area contributed by atoms with Gasteiger partial charge >= 0.3 is 5.97 Å². The highest BCUT2D eigenvalue weighted by Gasteiger charge is 2.40. The van der Waals surface area contributed by atoms with Gasteiger partial charge in [-0.15, -0.1) is 6.42 Å². The van der Waals surface area contributed by atoms with Gasteiger partial charge in [-0.25, -0.2) is 0 Å². The summed E-state index contributed by atoms with van der Waals surface area (Å²) in [5.41, 5.74) is -0.244. The normalized spacial score (nSPS) is 25.6. The summed E-state index contributed by atoms with van der Waals surface area (Å²) in [7, 11) is 3.45. The van der Waals surface area contributed by atoms with Crippen LogP contribution < -0.4 is 0 Å². The van der Waals surface area contributed by atoms with Gasteiger partial charge in [0.1, 0.15) is 0 Å². The Morgan fingerprint density at radius 3 is 2.47 bits per heavy atom. The van der Waals surface area contributed by atoms with Crippen molar-refractivity contribution in [3.8, 4) is 12.3 Å². The number of ether oxygens (including phenoxy) is 1. The largest absolute Gasteiger partial charge is 0.469 e. The van der Waals surface area contributed by atoms with Crippen molar-refractivity contribution in [3.05, 3.63) is 0 Å². The lowest BCUT2D eigenvalue weighted by Gasteiger charge is -2.45. The maximum absolute atomic E-state index is 11.2. The Morgan fingerprint density at radius 1 is 1.53 bits per heavy atom. The van der Waals surface area contributed by atoms with E-state index in [9.17, 15) is 4.79 Å². The van der Waals surface area contributed by atoms with Crippen LogP contribution in [-0.2, 0) is 9.53 Å². The molecule has 0 heterocycles. The van der Waals surface area contributed by atoms with Gasteiger partial charge in [-0.1, -0.05) is 5.92 Å². The topological polar surface area (TPSA) is 29.5 Å². The number of terminal acetylenes is 1. The second-order valence-electron chi connectivity index (χ2n) is 4.66. The van der Waals surface area contributed by atoms with Gasteiger partial charge in [-0.2, -0.15) is 0 Å². The molecule has 3 heteroatoms. The van der Waals surface area contributed by atoms with E-state index in [-0.39, 0.29) is 17.4 Å². The molecule has 0 atom stereocenters. The highest BCUT2D eigenvalue weighted by molar-refractivity contribution is 5.73. The van der Waals surface area contributed by atoms with Gasteiger partial charge in [0.05, 0.1) is 18.6 Å². The molecule has 0 unspecified atom stereocenters. The van der Waals surface area contributed by atoms with Gasteiger partial charge in [0.2, 0.25) is 0 Å². The summed E-state index contributed by atoms with van der Waals surface area (Å²) < 4.78 is 4.70. The predicted molar refractivity (Wildman–Crippen MR) is 59.2 cm³/mol. The Kier molecular flexibility index (Phi) is 3.41. The van der Waals surface area contributed by atoms with Crippen LogP contribution in [0.25, 0.3) is 0 Å². The molecule has 1 aliphatic carbocycles. The third-order valence-electron chi connectivity index (χ3n) is 3.43. The molecule has 1 aliphatic rings. The van der Waals surface area contributed by atoms with Crippen molar-refractivity contribution in [2.45, 2.75) is 38.3 Å².